The molecule has 0 aromatic heterocycles. The summed E-state index contributed by atoms with van der Waals surface area (Å²) in [6, 6.07) is -2.46. The Bertz CT molecular complexity index is 261. The summed E-state index contributed by atoms with van der Waals surface area (Å²) in [5.74, 6) is -12.3. The topological polar surface area (TPSA) is 26.0 Å². The molecule has 17 heavy (non-hydrogen) atoms. The zero-order valence-electron chi connectivity index (χ0n) is 8.41. The number of nitrogens with two attached hydrogens (primary N) is 1. The molecule has 1 aliphatic rings. The zero-order chi connectivity index (χ0) is 12.8. The molecule has 1 atom stereocenters. The van der Waals surface area contributed by atoms with Gasteiger partial charge in [0.05, 0.1) is 6.04 Å². The molecule has 0 unspecified atom stereocenters. The van der Waals surface area contributed by atoms with Gasteiger partial charge in [0.2, 0.25) is 0 Å². The Kier molecular flexibility index (Phi) is 4.73. The van der Waals surface area contributed by atoms with E-state index in [1.807, 2.05) is 0 Å². The van der Waals surface area contributed by atoms with Crippen LogP contribution in [-0.4, -0.2) is 24.1 Å². The summed E-state index contributed by atoms with van der Waals surface area (Å²) in [4.78, 5) is 0. The second kappa shape index (κ2) is 4.79. The maximum atomic E-state index is 13.0. The average Bonchev–Trinajstić information content (AvgIpc) is 1.98. The van der Waals surface area contributed by atoms with Gasteiger partial charge in [0.15, 0.2) is 0 Å². The number of halogens is 8. The first-order valence-corrected chi connectivity index (χ1v) is 4.59. The van der Waals surface area contributed by atoms with Gasteiger partial charge in [-0.05, 0) is 18.8 Å². The van der Waals surface area contributed by atoms with Crippen molar-refractivity contribution in [3.8, 4) is 0 Å². The van der Waals surface area contributed by atoms with Gasteiger partial charge < -0.3 is 5.73 Å². The third-order valence-electron chi connectivity index (χ3n) is 2.85. The van der Waals surface area contributed by atoms with Gasteiger partial charge in [0.25, 0.3) is 0 Å². The van der Waals surface area contributed by atoms with Crippen molar-refractivity contribution >= 4 is 12.4 Å². The maximum Gasteiger partial charge on any atom is 0.459 e. The number of hydrogen-bond donors (Lipinski definition) is 1. The van der Waals surface area contributed by atoms with Crippen molar-refractivity contribution < 1.29 is 30.7 Å². The largest absolute Gasteiger partial charge is 0.459 e. The van der Waals surface area contributed by atoms with Crippen LogP contribution in [0, 0.1) is 5.92 Å². The summed E-state index contributed by atoms with van der Waals surface area (Å²) in [7, 11) is 0. The lowest BCUT2D eigenvalue weighted by molar-refractivity contribution is -0.361. The highest BCUT2D eigenvalue weighted by atomic mass is 35.5. The molecule has 0 heterocycles. The normalized spacial score (nSPS) is 20.5. The van der Waals surface area contributed by atoms with Crippen molar-refractivity contribution in [2.24, 2.45) is 11.7 Å². The van der Waals surface area contributed by atoms with Crippen LogP contribution in [0.1, 0.15) is 19.3 Å². The maximum absolute atomic E-state index is 13.0. The third kappa shape index (κ3) is 2.62. The molecular weight excluding hydrogens is 279 g/mol. The molecule has 0 saturated heterocycles. The molecule has 0 bridgehead atoms. The summed E-state index contributed by atoms with van der Waals surface area (Å²) in [5.41, 5.74) is 4.81. The van der Waals surface area contributed by atoms with Gasteiger partial charge in [-0.2, -0.15) is 30.7 Å². The van der Waals surface area contributed by atoms with E-state index in [0.717, 1.165) is 0 Å². The molecular formula is C8H11ClF7N. The molecule has 1 aliphatic carbocycles. The molecule has 0 spiro atoms. The van der Waals surface area contributed by atoms with Crippen LogP contribution in [0.15, 0.2) is 0 Å². The van der Waals surface area contributed by atoms with Crippen LogP contribution in [0.4, 0.5) is 30.7 Å². The lowest BCUT2D eigenvalue weighted by atomic mass is 9.76. The van der Waals surface area contributed by atoms with E-state index in [0.29, 0.717) is 6.42 Å². The smallest absolute Gasteiger partial charge is 0.322 e. The van der Waals surface area contributed by atoms with Gasteiger partial charge in [-0.15, -0.1) is 12.4 Å². The van der Waals surface area contributed by atoms with Crippen LogP contribution in [-0.2, 0) is 0 Å². The summed E-state index contributed by atoms with van der Waals surface area (Å²) in [6.45, 7) is 0. The fraction of sp³-hybridized carbons (Fsp3) is 1.00. The van der Waals surface area contributed by atoms with Crippen molar-refractivity contribution in [1.82, 2.24) is 0 Å². The van der Waals surface area contributed by atoms with E-state index < -0.39 is 30.0 Å². The second-order valence-electron chi connectivity index (χ2n) is 3.91. The van der Waals surface area contributed by atoms with E-state index in [-0.39, 0.29) is 25.2 Å². The van der Waals surface area contributed by atoms with Crippen LogP contribution >= 0.6 is 12.4 Å². The van der Waals surface area contributed by atoms with Gasteiger partial charge in [0, 0.05) is 0 Å². The monoisotopic (exact) mass is 289 g/mol. The van der Waals surface area contributed by atoms with E-state index in [1.165, 1.54) is 0 Å². The Morgan fingerprint density at radius 3 is 1.59 bits per heavy atom. The van der Waals surface area contributed by atoms with Crippen molar-refractivity contribution in [3.63, 3.8) is 0 Å². The van der Waals surface area contributed by atoms with Gasteiger partial charge in [-0.25, -0.2) is 0 Å². The first-order chi connectivity index (χ1) is 7.02. The molecule has 0 aliphatic heterocycles. The van der Waals surface area contributed by atoms with Gasteiger partial charge >= 0.3 is 18.0 Å². The summed E-state index contributed by atoms with van der Waals surface area (Å²) < 4.78 is 86.4. The molecule has 0 radical (unpaired) electrons. The van der Waals surface area contributed by atoms with E-state index in [9.17, 15) is 30.7 Å². The summed E-state index contributed by atoms with van der Waals surface area (Å²) in [6.07, 6.45) is -5.46. The highest BCUT2D eigenvalue weighted by molar-refractivity contribution is 5.85. The molecule has 0 aromatic carbocycles. The molecule has 9 heteroatoms. The minimum atomic E-state index is -6.29. The van der Waals surface area contributed by atoms with E-state index in [1.54, 1.807) is 0 Å². The SMILES string of the molecule is Cl.N[C@H](C1CCC1)C(F)(F)C(F)(F)C(F)(F)F. The van der Waals surface area contributed by atoms with Gasteiger partial charge in [0.1, 0.15) is 0 Å². The molecule has 0 amide bonds. The number of rotatable bonds is 3. The number of alkyl halides is 7. The third-order valence-corrected chi connectivity index (χ3v) is 2.85. The molecule has 1 saturated carbocycles. The summed E-state index contributed by atoms with van der Waals surface area (Å²) in [5, 5.41) is 0. The Balaban J connectivity index is 0.00000256. The van der Waals surface area contributed by atoms with Gasteiger partial charge in [-0.3, -0.25) is 0 Å². The van der Waals surface area contributed by atoms with Crippen LogP contribution in [0.3, 0.4) is 0 Å². The lowest BCUT2D eigenvalue weighted by Crippen LogP contribution is -2.63. The molecule has 104 valence electrons. The fourth-order valence-corrected chi connectivity index (χ4v) is 1.49. The van der Waals surface area contributed by atoms with Crippen molar-refractivity contribution in [2.45, 2.75) is 43.3 Å². The predicted molar refractivity (Wildman–Crippen MR) is 48.5 cm³/mol. The molecule has 1 rings (SSSR count). The highest BCUT2D eigenvalue weighted by Crippen LogP contribution is 2.50. The zero-order valence-corrected chi connectivity index (χ0v) is 9.22. The van der Waals surface area contributed by atoms with E-state index >= 15 is 0 Å². The standard InChI is InChI=1S/C8H10F7N.ClH/c9-6(10,5(16)4-2-1-3-4)7(11,12)8(13,14)15;/h4-5H,1-3,16H2;1H/t5-;/m1./s1. The Labute approximate surface area is 98.9 Å². The van der Waals surface area contributed by atoms with Crippen LogP contribution < -0.4 is 5.73 Å². The second-order valence-corrected chi connectivity index (χ2v) is 3.91. The first kappa shape index (κ1) is 16.8. The Hall–Kier alpha value is -0.240. The quantitative estimate of drug-likeness (QED) is 0.792. The van der Waals surface area contributed by atoms with E-state index in [2.05, 4.69) is 0 Å². The average molecular weight is 290 g/mol. The Morgan fingerprint density at radius 1 is 0.941 bits per heavy atom. The van der Waals surface area contributed by atoms with Crippen LogP contribution in [0.2, 0.25) is 0 Å². The van der Waals surface area contributed by atoms with E-state index in [4.69, 9.17) is 5.73 Å². The van der Waals surface area contributed by atoms with Crippen molar-refractivity contribution in [3.05, 3.63) is 0 Å². The van der Waals surface area contributed by atoms with Crippen LogP contribution in [0.25, 0.3) is 0 Å². The van der Waals surface area contributed by atoms with Crippen LogP contribution in [0.5, 0.6) is 0 Å². The minimum absolute atomic E-state index is 0. The highest BCUT2D eigenvalue weighted by Gasteiger charge is 2.75. The fourth-order valence-electron chi connectivity index (χ4n) is 1.49. The molecule has 1 fully saturated rings. The minimum Gasteiger partial charge on any atom is -0.322 e. The van der Waals surface area contributed by atoms with Crippen molar-refractivity contribution in [2.75, 3.05) is 0 Å². The first-order valence-electron chi connectivity index (χ1n) is 4.59. The Morgan fingerprint density at radius 2 is 1.35 bits per heavy atom. The lowest BCUT2D eigenvalue weighted by Gasteiger charge is -2.39. The predicted octanol–water partition coefficient (Wildman–Crippen LogP) is 3.37. The molecule has 1 nitrogen and oxygen atoms in total. The van der Waals surface area contributed by atoms with Gasteiger partial charge in [-0.1, -0.05) is 6.42 Å². The van der Waals surface area contributed by atoms with Crippen molar-refractivity contribution in [1.29, 1.82) is 0 Å². The summed E-state index contributed by atoms with van der Waals surface area (Å²) >= 11 is 0. The number of hydrogen-bond acceptors (Lipinski definition) is 1. The molecule has 2 N–H and O–H groups in total. The molecule has 0 aromatic rings.